The lowest BCUT2D eigenvalue weighted by Gasteiger charge is -2.10. The van der Waals surface area contributed by atoms with Crippen molar-refractivity contribution in [3.05, 3.63) is 58.3 Å². The standard InChI is InChI=1S/C20H20ClNO5S/c1-4-13-6-8-15(9-7-13)28(24,25)22-14-10-16-18(20(23)26-5-2)12(3)27-19(16)17(21)11-14/h6-11,22H,4-5H2,1-3H3. The molecule has 0 bridgehead atoms. The molecule has 1 aromatic heterocycles. The Morgan fingerprint density at radius 1 is 1.18 bits per heavy atom. The summed E-state index contributed by atoms with van der Waals surface area (Å²) in [5.74, 6) is -0.199. The molecule has 148 valence electrons. The Morgan fingerprint density at radius 3 is 2.46 bits per heavy atom. The van der Waals surface area contributed by atoms with E-state index in [0.717, 1.165) is 12.0 Å². The van der Waals surface area contributed by atoms with E-state index in [2.05, 4.69) is 4.72 Å². The number of carbonyl (C=O) groups excluding carboxylic acids is 1. The molecule has 0 amide bonds. The summed E-state index contributed by atoms with van der Waals surface area (Å²) in [4.78, 5) is 12.4. The number of anilines is 1. The molecular formula is C20H20ClNO5S. The Labute approximate surface area is 168 Å². The molecule has 1 N–H and O–H groups in total. The molecule has 8 heteroatoms. The predicted molar refractivity (Wildman–Crippen MR) is 109 cm³/mol. The molecule has 3 aromatic rings. The molecule has 0 aliphatic carbocycles. The number of hydrogen-bond acceptors (Lipinski definition) is 5. The minimum absolute atomic E-state index is 0.134. The Balaban J connectivity index is 2.03. The van der Waals surface area contributed by atoms with Gasteiger partial charge in [0.1, 0.15) is 11.3 Å². The van der Waals surface area contributed by atoms with Gasteiger partial charge in [-0.25, -0.2) is 13.2 Å². The lowest BCUT2D eigenvalue weighted by atomic mass is 10.1. The maximum Gasteiger partial charge on any atom is 0.342 e. The average molecular weight is 422 g/mol. The van der Waals surface area contributed by atoms with E-state index in [-0.39, 0.29) is 27.8 Å². The van der Waals surface area contributed by atoms with Crippen LogP contribution in [-0.2, 0) is 21.2 Å². The summed E-state index contributed by atoms with van der Waals surface area (Å²) < 4.78 is 38.6. The van der Waals surface area contributed by atoms with E-state index >= 15 is 0 Å². The lowest BCUT2D eigenvalue weighted by Crippen LogP contribution is -2.13. The largest absolute Gasteiger partial charge is 0.462 e. The quantitative estimate of drug-likeness (QED) is 0.570. The van der Waals surface area contributed by atoms with Crippen molar-refractivity contribution in [2.75, 3.05) is 11.3 Å². The number of aryl methyl sites for hydroxylation is 2. The van der Waals surface area contributed by atoms with Crippen LogP contribution in [0.5, 0.6) is 0 Å². The van der Waals surface area contributed by atoms with Crippen LogP contribution >= 0.6 is 11.6 Å². The zero-order valence-corrected chi connectivity index (χ0v) is 17.3. The monoisotopic (exact) mass is 421 g/mol. The molecule has 0 aliphatic heterocycles. The molecule has 0 radical (unpaired) electrons. The number of carbonyl (C=O) groups is 1. The summed E-state index contributed by atoms with van der Waals surface area (Å²) in [7, 11) is -3.82. The fourth-order valence-corrected chi connectivity index (χ4v) is 4.21. The van der Waals surface area contributed by atoms with Gasteiger partial charge in [-0.1, -0.05) is 30.7 Å². The smallest absolute Gasteiger partial charge is 0.342 e. The summed E-state index contributed by atoms with van der Waals surface area (Å²) in [6.07, 6.45) is 0.816. The van der Waals surface area contributed by atoms with Crippen LogP contribution in [0.1, 0.15) is 35.5 Å². The van der Waals surface area contributed by atoms with Crippen LogP contribution in [0, 0.1) is 6.92 Å². The van der Waals surface area contributed by atoms with Crippen LogP contribution in [-0.4, -0.2) is 21.0 Å². The fraction of sp³-hybridized carbons (Fsp3) is 0.250. The number of esters is 1. The number of nitrogens with one attached hydrogen (secondary N) is 1. The van der Waals surface area contributed by atoms with Gasteiger partial charge in [0.15, 0.2) is 5.58 Å². The van der Waals surface area contributed by atoms with E-state index in [0.29, 0.717) is 16.7 Å². The average Bonchev–Trinajstić information content (AvgIpc) is 2.98. The predicted octanol–water partition coefficient (Wildman–Crippen LogP) is 4.93. The third kappa shape index (κ3) is 3.86. The van der Waals surface area contributed by atoms with Gasteiger partial charge < -0.3 is 9.15 Å². The maximum absolute atomic E-state index is 12.7. The topological polar surface area (TPSA) is 85.6 Å². The van der Waals surface area contributed by atoms with Crippen LogP contribution in [0.25, 0.3) is 11.0 Å². The maximum atomic E-state index is 12.7. The minimum Gasteiger partial charge on any atom is -0.462 e. The van der Waals surface area contributed by atoms with Crippen molar-refractivity contribution < 1.29 is 22.4 Å². The summed E-state index contributed by atoms with van der Waals surface area (Å²) in [5.41, 5.74) is 1.80. The molecule has 0 saturated carbocycles. The molecule has 28 heavy (non-hydrogen) atoms. The third-order valence-electron chi connectivity index (χ3n) is 4.29. The van der Waals surface area contributed by atoms with E-state index in [9.17, 15) is 13.2 Å². The first-order valence-corrected chi connectivity index (χ1v) is 10.6. The number of furan rings is 1. The third-order valence-corrected chi connectivity index (χ3v) is 5.97. The molecule has 0 atom stereocenters. The fourth-order valence-electron chi connectivity index (χ4n) is 2.91. The first kappa shape index (κ1) is 20.2. The molecule has 2 aromatic carbocycles. The number of sulfonamides is 1. The Morgan fingerprint density at radius 2 is 1.86 bits per heavy atom. The van der Waals surface area contributed by atoms with E-state index < -0.39 is 16.0 Å². The van der Waals surface area contributed by atoms with E-state index in [1.54, 1.807) is 38.1 Å². The normalized spacial score (nSPS) is 11.6. The minimum atomic E-state index is -3.82. The van der Waals surface area contributed by atoms with Crippen molar-refractivity contribution in [3.63, 3.8) is 0 Å². The molecule has 1 heterocycles. The Hall–Kier alpha value is -2.51. The highest BCUT2D eigenvalue weighted by Crippen LogP contribution is 2.35. The van der Waals surface area contributed by atoms with Crippen LogP contribution in [0.15, 0.2) is 45.7 Å². The van der Waals surface area contributed by atoms with Gasteiger partial charge in [-0.2, -0.15) is 0 Å². The van der Waals surface area contributed by atoms with E-state index in [4.69, 9.17) is 20.8 Å². The molecule has 6 nitrogen and oxygen atoms in total. The van der Waals surface area contributed by atoms with Gasteiger partial charge in [0.25, 0.3) is 10.0 Å². The first-order chi connectivity index (χ1) is 13.3. The van der Waals surface area contributed by atoms with Gasteiger partial charge in [-0.15, -0.1) is 0 Å². The van der Waals surface area contributed by atoms with Crippen LogP contribution in [0.4, 0.5) is 5.69 Å². The van der Waals surface area contributed by atoms with Crippen molar-refractivity contribution in [2.24, 2.45) is 0 Å². The first-order valence-electron chi connectivity index (χ1n) is 8.78. The van der Waals surface area contributed by atoms with Crippen molar-refractivity contribution in [1.29, 1.82) is 0 Å². The number of fused-ring (bicyclic) bond motifs is 1. The zero-order chi connectivity index (χ0) is 20.5. The summed E-state index contributed by atoms with van der Waals surface area (Å²) in [6.45, 7) is 5.53. The molecule has 0 saturated heterocycles. The highest BCUT2D eigenvalue weighted by atomic mass is 35.5. The second kappa shape index (κ2) is 7.85. The Kier molecular flexibility index (Phi) is 5.67. The van der Waals surface area contributed by atoms with Gasteiger partial charge in [0.05, 0.1) is 22.2 Å². The number of hydrogen-bond donors (Lipinski definition) is 1. The number of ether oxygens (including phenoxy) is 1. The Bertz CT molecular complexity index is 1130. The second-order valence-electron chi connectivity index (χ2n) is 6.19. The van der Waals surface area contributed by atoms with Crippen molar-refractivity contribution in [3.8, 4) is 0 Å². The number of halogens is 1. The number of benzene rings is 2. The van der Waals surface area contributed by atoms with E-state index in [1.807, 2.05) is 6.92 Å². The van der Waals surface area contributed by atoms with Crippen molar-refractivity contribution >= 4 is 44.3 Å². The highest BCUT2D eigenvalue weighted by molar-refractivity contribution is 7.92. The summed E-state index contributed by atoms with van der Waals surface area (Å²) >= 11 is 6.26. The summed E-state index contributed by atoms with van der Waals surface area (Å²) in [5, 5.41) is 0.581. The van der Waals surface area contributed by atoms with Crippen LogP contribution < -0.4 is 4.72 Å². The van der Waals surface area contributed by atoms with Crippen molar-refractivity contribution in [2.45, 2.75) is 32.1 Å². The van der Waals surface area contributed by atoms with E-state index in [1.165, 1.54) is 12.1 Å². The second-order valence-corrected chi connectivity index (χ2v) is 8.28. The number of rotatable bonds is 6. The molecule has 0 unspecified atom stereocenters. The molecule has 0 spiro atoms. The van der Waals surface area contributed by atoms with Crippen molar-refractivity contribution in [1.82, 2.24) is 0 Å². The van der Waals surface area contributed by atoms with Crippen LogP contribution in [0.2, 0.25) is 5.02 Å². The van der Waals surface area contributed by atoms with Gasteiger partial charge in [-0.05, 0) is 50.1 Å². The van der Waals surface area contributed by atoms with Crippen LogP contribution in [0.3, 0.4) is 0 Å². The summed E-state index contributed by atoms with van der Waals surface area (Å²) in [6, 6.07) is 9.59. The molecule has 0 aliphatic rings. The molecule has 0 fully saturated rings. The molecular weight excluding hydrogens is 402 g/mol. The highest BCUT2D eigenvalue weighted by Gasteiger charge is 2.23. The molecule has 3 rings (SSSR count). The van der Waals surface area contributed by atoms with Gasteiger partial charge >= 0.3 is 5.97 Å². The zero-order valence-electron chi connectivity index (χ0n) is 15.7. The van der Waals surface area contributed by atoms with Gasteiger partial charge in [-0.3, -0.25) is 4.72 Å². The van der Waals surface area contributed by atoms with Gasteiger partial charge in [0, 0.05) is 5.39 Å². The van der Waals surface area contributed by atoms with Gasteiger partial charge in [0.2, 0.25) is 0 Å². The lowest BCUT2D eigenvalue weighted by molar-refractivity contribution is 0.0526. The SMILES string of the molecule is CCOC(=O)c1c(C)oc2c(Cl)cc(NS(=O)(=O)c3ccc(CC)cc3)cc12.